The molecule has 0 bridgehead atoms. The molecule has 2 heterocycles. The van der Waals surface area contributed by atoms with Gasteiger partial charge in [0.25, 0.3) is 5.56 Å². The van der Waals surface area contributed by atoms with Crippen LogP contribution in [0.25, 0.3) is 0 Å². The van der Waals surface area contributed by atoms with E-state index < -0.39 is 12.2 Å². The molecule has 0 aliphatic carbocycles. The fourth-order valence-electron chi connectivity index (χ4n) is 1.69. The van der Waals surface area contributed by atoms with Crippen LogP contribution in [0.5, 0.6) is 0 Å². The Morgan fingerprint density at radius 2 is 2.19 bits per heavy atom. The van der Waals surface area contributed by atoms with Crippen LogP contribution in [0.4, 0.5) is 0 Å². The SMILES string of the molecule is C[C@H]1S[C@@H](n2ccc(=O)[nH]c2=S)[C@H](O)[C@@H]1O. The number of rotatable bonds is 1. The van der Waals surface area contributed by atoms with Gasteiger partial charge in [0.15, 0.2) is 4.77 Å². The summed E-state index contributed by atoms with van der Waals surface area (Å²) in [5, 5.41) is 19.1. The minimum Gasteiger partial charge on any atom is -0.389 e. The van der Waals surface area contributed by atoms with Gasteiger partial charge >= 0.3 is 0 Å². The Balaban J connectivity index is 2.39. The predicted molar refractivity (Wildman–Crippen MR) is 64.0 cm³/mol. The van der Waals surface area contributed by atoms with E-state index in [1.807, 2.05) is 6.92 Å². The van der Waals surface area contributed by atoms with Gasteiger partial charge in [0.05, 0.1) is 6.10 Å². The van der Waals surface area contributed by atoms with Crippen molar-refractivity contribution in [2.75, 3.05) is 0 Å². The third-order valence-electron chi connectivity index (χ3n) is 2.60. The van der Waals surface area contributed by atoms with Crippen molar-refractivity contribution in [2.45, 2.75) is 29.8 Å². The molecular weight excluding hydrogens is 248 g/mol. The number of hydrogen-bond acceptors (Lipinski definition) is 5. The number of thioether (sulfide) groups is 1. The first-order valence-corrected chi connectivity index (χ1v) is 6.19. The lowest BCUT2D eigenvalue weighted by Gasteiger charge is -2.18. The quantitative estimate of drug-likeness (QED) is 0.631. The number of nitrogens with one attached hydrogen (secondary N) is 1. The molecule has 0 amide bonds. The molecule has 1 aliphatic rings. The molecule has 2 rings (SSSR count). The van der Waals surface area contributed by atoms with Crippen LogP contribution in [0, 0.1) is 4.77 Å². The van der Waals surface area contributed by atoms with E-state index in [2.05, 4.69) is 4.98 Å². The number of H-pyrrole nitrogens is 1. The monoisotopic (exact) mass is 260 g/mol. The van der Waals surface area contributed by atoms with E-state index in [9.17, 15) is 15.0 Å². The van der Waals surface area contributed by atoms with Crippen LogP contribution in [0.15, 0.2) is 17.1 Å². The van der Waals surface area contributed by atoms with E-state index in [-0.39, 0.29) is 21.0 Å². The van der Waals surface area contributed by atoms with E-state index in [0.717, 1.165) is 0 Å². The van der Waals surface area contributed by atoms with Gasteiger partial charge in [-0.05, 0) is 12.2 Å². The number of aliphatic hydroxyl groups excluding tert-OH is 2. The van der Waals surface area contributed by atoms with Crippen LogP contribution < -0.4 is 5.56 Å². The Hall–Kier alpha value is -0.630. The zero-order valence-electron chi connectivity index (χ0n) is 8.53. The lowest BCUT2D eigenvalue weighted by atomic mass is 10.1. The molecule has 1 aliphatic heterocycles. The highest BCUT2D eigenvalue weighted by atomic mass is 32.2. The number of nitrogens with zero attached hydrogens (tertiary/aromatic N) is 1. The Morgan fingerprint density at radius 3 is 2.69 bits per heavy atom. The highest BCUT2D eigenvalue weighted by Crippen LogP contribution is 2.41. The minimum absolute atomic E-state index is 0.0613. The van der Waals surface area contributed by atoms with E-state index in [0.29, 0.717) is 0 Å². The Morgan fingerprint density at radius 1 is 1.50 bits per heavy atom. The molecule has 0 saturated carbocycles. The molecule has 7 heteroatoms. The first-order chi connectivity index (χ1) is 7.50. The van der Waals surface area contributed by atoms with Crippen molar-refractivity contribution in [3.63, 3.8) is 0 Å². The third kappa shape index (κ3) is 1.95. The second kappa shape index (κ2) is 4.33. The topological polar surface area (TPSA) is 78.2 Å². The summed E-state index contributed by atoms with van der Waals surface area (Å²) in [4.78, 5) is 13.5. The summed E-state index contributed by atoms with van der Waals surface area (Å²) in [6.07, 6.45) is -0.117. The van der Waals surface area contributed by atoms with Gasteiger partial charge in [-0.25, -0.2) is 0 Å². The first kappa shape index (κ1) is 11.8. The summed E-state index contributed by atoms with van der Waals surface area (Å²) in [7, 11) is 0. The van der Waals surface area contributed by atoms with Gasteiger partial charge in [-0.2, -0.15) is 0 Å². The third-order valence-corrected chi connectivity index (χ3v) is 4.41. The van der Waals surface area contributed by atoms with Crippen LogP contribution >= 0.6 is 24.0 Å². The summed E-state index contributed by atoms with van der Waals surface area (Å²) < 4.78 is 1.85. The van der Waals surface area contributed by atoms with Gasteiger partial charge in [-0.3, -0.25) is 9.78 Å². The van der Waals surface area contributed by atoms with E-state index in [1.54, 1.807) is 4.57 Å². The lowest BCUT2D eigenvalue weighted by molar-refractivity contribution is 0.0196. The zero-order chi connectivity index (χ0) is 11.9. The van der Waals surface area contributed by atoms with E-state index >= 15 is 0 Å². The minimum atomic E-state index is -0.877. The standard InChI is InChI=1S/C9H12N2O3S2/c1-4-6(13)7(14)8(16-4)11-3-2-5(12)10-9(11)15/h2-4,6-8,13-14H,1H3,(H,10,12,15)/t4-,6-,7-,8-/m1/s1. The largest absolute Gasteiger partial charge is 0.389 e. The second-order valence-electron chi connectivity index (χ2n) is 3.73. The Labute approximate surface area is 101 Å². The maximum atomic E-state index is 11.0. The molecule has 0 unspecified atom stereocenters. The smallest absolute Gasteiger partial charge is 0.251 e. The zero-order valence-corrected chi connectivity index (χ0v) is 10.2. The van der Waals surface area contributed by atoms with Gasteiger partial charge in [0.2, 0.25) is 0 Å². The van der Waals surface area contributed by atoms with Crippen LogP contribution in [0.1, 0.15) is 12.3 Å². The fraction of sp³-hybridized carbons (Fsp3) is 0.556. The average Bonchev–Trinajstić information content (AvgIpc) is 2.46. The molecule has 16 heavy (non-hydrogen) atoms. The van der Waals surface area contributed by atoms with Crippen LogP contribution in [0.3, 0.4) is 0 Å². The van der Waals surface area contributed by atoms with Gasteiger partial charge in [-0.15, -0.1) is 11.8 Å². The molecule has 3 N–H and O–H groups in total. The summed E-state index contributed by atoms with van der Waals surface area (Å²) in [5.74, 6) is 0. The summed E-state index contributed by atoms with van der Waals surface area (Å²) >= 11 is 6.44. The van der Waals surface area contributed by atoms with Crippen molar-refractivity contribution < 1.29 is 10.2 Å². The molecule has 0 aromatic carbocycles. The normalized spacial score (nSPS) is 34.2. The number of hydrogen-bond donors (Lipinski definition) is 3. The van der Waals surface area contributed by atoms with Crippen molar-refractivity contribution in [1.29, 1.82) is 0 Å². The van der Waals surface area contributed by atoms with Crippen molar-refractivity contribution in [3.05, 3.63) is 27.4 Å². The molecule has 1 saturated heterocycles. The van der Waals surface area contributed by atoms with Crippen LogP contribution in [-0.2, 0) is 0 Å². The molecule has 4 atom stereocenters. The predicted octanol–water partition coefficient (Wildman–Crippen LogP) is 0.262. The van der Waals surface area contributed by atoms with E-state index in [1.165, 1.54) is 24.0 Å². The van der Waals surface area contributed by atoms with Crippen LogP contribution in [-0.4, -0.2) is 37.2 Å². The van der Waals surface area contributed by atoms with Crippen molar-refractivity contribution in [2.24, 2.45) is 0 Å². The number of aromatic amines is 1. The highest BCUT2D eigenvalue weighted by molar-refractivity contribution is 8.00. The summed E-state index contributed by atoms with van der Waals surface area (Å²) in [5.41, 5.74) is -0.271. The fourth-order valence-corrected chi connectivity index (χ4v) is 3.42. The van der Waals surface area contributed by atoms with Crippen LogP contribution in [0.2, 0.25) is 0 Å². The maximum Gasteiger partial charge on any atom is 0.251 e. The summed E-state index contributed by atoms with van der Waals surface area (Å²) in [6.45, 7) is 1.84. The van der Waals surface area contributed by atoms with Gasteiger partial charge in [0, 0.05) is 17.5 Å². The molecule has 0 spiro atoms. The molecule has 5 nitrogen and oxygen atoms in total. The molecule has 88 valence electrons. The molecule has 1 fully saturated rings. The molecular formula is C9H12N2O3S2. The van der Waals surface area contributed by atoms with Gasteiger partial charge in [0.1, 0.15) is 11.5 Å². The van der Waals surface area contributed by atoms with Crippen molar-refractivity contribution in [1.82, 2.24) is 9.55 Å². The van der Waals surface area contributed by atoms with Gasteiger partial charge < -0.3 is 14.8 Å². The van der Waals surface area contributed by atoms with Gasteiger partial charge in [-0.1, -0.05) is 6.92 Å². The maximum absolute atomic E-state index is 11.0. The van der Waals surface area contributed by atoms with E-state index in [4.69, 9.17) is 12.2 Å². The first-order valence-electron chi connectivity index (χ1n) is 4.84. The Kier molecular flexibility index (Phi) is 3.20. The number of aliphatic hydroxyl groups is 2. The average molecular weight is 260 g/mol. The summed E-state index contributed by atoms with van der Waals surface area (Å²) in [6, 6.07) is 1.35. The van der Waals surface area contributed by atoms with Crippen molar-refractivity contribution >= 4 is 24.0 Å². The lowest BCUT2D eigenvalue weighted by Crippen LogP contribution is -2.31. The highest BCUT2D eigenvalue weighted by Gasteiger charge is 2.40. The molecule has 1 aromatic heterocycles. The van der Waals surface area contributed by atoms with Crippen molar-refractivity contribution in [3.8, 4) is 0 Å². The molecule has 0 radical (unpaired) electrons. The second-order valence-corrected chi connectivity index (χ2v) is 5.62. The number of aromatic nitrogens is 2. The Bertz CT molecular complexity index is 498. The molecule has 1 aromatic rings.